The number of hydrazone groups is 1. The van der Waals surface area contributed by atoms with Crippen LogP contribution in [0.25, 0.3) is 0 Å². The van der Waals surface area contributed by atoms with Gasteiger partial charge in [0.15, 0.2) is 0 Å². The molecule has 0 radical (unpaired) electrons. The second-order valence-corrected chi connectivity index (χ2v) is 4.55. The molecule has 1 aliphatic rings. The molecular formula is C16H18N2O4. The third-order valence-electron chi connectivity index (χ3n) is 3.02. The summed E-state index contributed by atoms with van der Waals surface area (Å²) in [5, 5.41) is 5.34. The van der Waals surface area contributed by atoms with Crippen LogP contribution in [0.1, 0.15) is 27.2 Å². The minimum Gasteiger partial charge on any atom is -0.497 e. The molecule has 0 aromatic heterocycles. The highest BCUT2D eigenvalue weighted by atomic mass is 16.5. The molecule has 0 saturated heterocycles. The molecule has 2 rings (SSSR count). The lowest BCUT2D eigenvalue weighted by Crippen LogP contribution is -2.23. The first-order chi connectivity index (χ1) is 10.6. The van der Waals surface area contributed by atoms with E-state index >= 15 is 0 Å². The fraction of sp³-hybridized carbons (Fsp3) is 0.312. The molecular weight excluding hydrogens is 284 g/mol. The van der Waals surface area contributed by atoms with Crippen molar-refractivity contribution in [1.82, 2.24) is 0 Å². The predicted octanol–water partition coefficient (Wildman–Crippen LogP) is 2.61. The highest BCUT2D eigenvalue weighted by molar-refractivity contribution is 6.29. The van der Waals surface area contributed by atoms with Gasteiger partial charge in [-0.25, -0.2) is 0 Å². The molecule has 116 valence electrons. The van der Waals surface area contributed by atoms with E-state index in [1.54, 1.807) is 38.1 Å². The molecule has 0 atom stereocenters. The molecule has 0 fully saturated rings. The van der Waals surface area contributed by atoms with Crippen molar-refractivity contribution in [3.05, 3.63) is 41.7 Å². The Morgan fingerprint density at radius 1 is 1.23 bits per heavy atom. The number of carbonyl (C=O) groups excluding carboxylic acids is 2. The second-order valence-electron chi connectivity index (χ2n) is 4.55. The first-order valence-electron chi connectivity index (χ1n) is 7.11. The van der Waals surface area contributed by atoms with Crippen LogP contribution in [0.5, 0.6) is 0 Å². The number of benzene rings is 1. The molecule has 1 aromatic carbocycles. The number of allylic oxidation sites excluding steroid dienone is 1. The Kier molecular flexibility index (Phi) is 4.93. The van der Waals surface area contributed by atoms with E-state index < -0.39 is 5.97 Å². The third kappa shape index (κ3) is 3.16. The van der Waals surface area contributed by atoms with Crippen molar-refractivity contribution < 1.29 is 19.1 Å². The Labute approximate surface area is 129 Å². The number of amides is 1. The van der Waals surface area contributed by atoms with Gasteiger partial charge in [-0.2, -0.15) is 5.01 Å². The van der Waals surface area contributed by atoms with E-state index in [4.69, 9.17) is 9.47 Å². The molecule has 0 saturated carbocycles. The van der Waals surface area contributed by atoms with E-state index in [-0.39, 0.29) is 23.8 Å². The number of para-hydroxylation sites is 1. The number of rotatable bonds is 4. The summed E-state index contributed by atoms with van der Waals surface area (Å²) in [5.74, 6) is -0.473. The zero-order valence-electron chi connectivity index (χ0n) is 12.8. The zero-order chi connectivity index (χ0) is 16.1. The second kappa shape index (κ2) is 6.89. The molecule has 22 heavy (non-hydrogen) atoms. The lowest BCUT2D eigenvalue weighted by Gasteiger charge is -2.11. The molecule has 1 aromatic rings. The largest absolute Gasteiger partial charge is 0.497 e. The number of anilines is 1. The van der Waals surface area contributed by atoms with Crippen molar-refractivity contribution in [2.24, 2.45) is 5.10 Å². The van der Waals surface area contributed by atoms with Crippen LogP contribution in [0, 0.1) is 0 Å². The van der Waals surface area contributed by atoms with Gasteiger partial charge >= 0.3 is 5.97 Å². The van der Waals surface area contributed by atoms with Gasteiger partial charge in [0.2, 0.25) is 0 Å². The molecule has 0 aliphatic carbocycles. The van der Waals surface area contributed by atoms with Gasteiger partial charge in [-0.3, -0.25) is 9.59 Å². The highest BCUT2D eigenvalue weighted by Crippen LogP contribution is 2.26. The number of hydrogen-bond donors (Lipinski definition) is 0. The van der Waals surface area contributed by atoms with Crippen LogP contribution in [0.15, 0.2) is 46.8 Å². The van der Waals surface area contributed by atoms with Crippen LogP contribution in [0.3, 0.4) is 0 Å². The van der Waals surface area contributed by atoms with Crippen molar-refractivity contribution >= 4 is 23.5 Å². The zero-order valence-corrected chi connectivity index (χ0v) is 12.8. The van der Waals surface area contributed by atoms with E-state index in [0.29, 0.717) is 18.1 Å². The van der Waals surface area contributed by atoms with Crippen LogP contribution in [0.4, 0.5) is 5.69 Å². The number of hydrogen-bond acceptors (Lipinski definition) is 5. The quantitative estimate of drug-likeness (QED) is 0.487. The first kappa shape index (κ1) is 15.8. The maximum Gasteiger partial charge on any atom is 0.312 e. The Balaban J connectivity index is 2.42. The van der Waals surface area contributed by atoms with Crippen molar-refractivity contribution in [2.45, 2.75) is 27.2 Å². The molecule has 1 amide bonds. The predicted molar refractivity (Wildman–Crippen MR) is 82.1 cm³/mol. The summed E-state index contributed by atoms with van der Waals surface area (Å²) in [5.41, 5.74) is 0.768. The maximum absolute atomic E-state index is 12.6. The average molecular weight is 302 g/mol. The molecule has 6 nitrogen and oxygen atoms in total. The molecule has 0 spiro atoms. The summed E-state index contributed by atoms with van der Waals surface area (Å²) in [6, 6.07) is 8.94. The Bertz CT molecular complexity index is 635. The average Bonchev–Trinajstić information content (AvgIpc) is 2.84. The monoisotopic (exact) mass is 302 g/mol. The van der Waals surface area contributed by atoms with E-state index in [0.717, 1.165) is 0 Å². The number of esters is 1. The van der Waals surface area contributed by atoms with Gasteiger partial charge in [0.05, 0.1) is 12.3 Å². The normalized spacial score (nSPS) is 16.4. The molecule has 0 N–H and O–H groups in total. The summed E-state index contributed by atoms with van der Waals surface area (Å²) >= 11 is 0. The fourth-order valence-electron chi connectivity index (χ4n) is 1.97. The third-order valence-corrected chi connectivity index (χ3v) is 3.02. The van der Waals surface area contributed by atoms with E-state index in [1.165, 1.54) is 5.01 Å². The lowest BCUT2D eigenvalue weighted by molar-refractivity contribution is -0.135. The van der Waals surface area contributed by atoms with E-state index in [9.17, 15) is 9.59 Å². The summed E-state index contributed by atoms with van der Waals surface area (Å²) in [6.07, 6.45) is 0.194. The summed E-state index contributed by atoms with van der Waals surface area (Å²) in [6.45, 7) is 5.55. The highest BCUT2D eigenvalue weighted by Gasteiger charge is 2.36. The number of ether oxygens (including phenoxy) is 2. The van der Waals surface area contributed by atoms with Crippen LogP contribution < -0.4 is 5.01 Å². The smallest absolute Gasteiger partial charge is 0.312 e. The lowest BCUT2D eigenvalue weighted by atomic mass is 10.2. The van der Waals surface area contributed by atoms with Gasteiger partial charge in [-0.1, -0.05) is 25.1 Å². The van der Waals surface area contributed by atoms with Crippen molar-refractivity contribution in [1.29, 1.82) is 0 Å². The van der Waals surface area contributed by atoms with Crippen LogP contribution in [-0.4, -0.2) is 24.4 Å². The van der Waals surface area contributed by atoms with Gasteiger partial charge < -0.3 is 9.47 Å². The maximum atomic E-state index is 12.6. The standard InChI is InChI=1S/C16H18N2O4/c1-4-13(19)22-15-14(11(3)21-5-2)16(20)18(17-15)12-9-7-6-8-10-12/h6-10H,4-5H2,1-3H3. The molecule has 1 heterocycles. The minimum atomic E-state index is -0.455. The number of carbonyl (C=O) groups is 2. The summed E-state index contributed by atoms with van der Waals surface area (Å²) in [4.78, 5) is 24.1. The van der Waals surface area contributed by atoms with Crippen molar-refractivity contribution in [2.75, 3.05) is 11.6 Å². The van der Waals surface area contributed by atoms with Crippen LogP contribution >= 0.6 is 0 Å². The topological polar surface area (TPSA) is 68.2 Å². The van der Waals surface area contributed by atoms with Gasteiger partial charge in [0.25, 0.3) is 11.8 Å². The molecule has 0 bridgehead atoms. The molecule has 6 heteroatoms. The van der Waals surface area contributed by atoms with Gasteiger partial charge in [-0.05, 0) is 26.0 Å². The van der Waals surface area contributed by atoms with Gasteiger partial charge in [0, 0.05) is 6.42 Å². The van der Waals surface area contributed by atoms with Crippen LogP contribution in [0.2, 0.25) is 0 Å². The summed E-state index contributed by atoms with van der Waals surface area (Å²) in [7, 11) is 0. The van der Waals surface area contributed by atoms with Crippen molar-refractivity contribution in [3.63, 3.8) is 0 Å². The summed E-state index contributed by atoms with van der Waals surface area (Å²) < 4.78 is 10.6. The Hall–Kier alpha value is -2.63. The van der Waals surface area contributed by atoms with Crippen molar-refractivity contribution in [3.8, 4) is 0 Å². The first-order valence-corrected chi connectivity index (χ1v) is 7.11. The van der Waals surface area contributed by atoms with Gasteiger partial charge in [-0.15, -0.1) is 5.10 Å². The van der Waals surface area contributed by atoms with Gasteiger partial charge in [0.1, 0.15) is 11.3 Å². The molecule has 0 unspecified atom stereocenters. The number of nitrogens with zero attached hydrogens (tertiary/aromatic N) is 2. The Morgan fingerprint density at radius 2 is 1.91 bits per heavy atom. The van der Waals surface area contributed by atoms with E-state index in [2.05, 4.69) is 5.10 Å². The van der Waals surface area contributed by atoms with E-state index in [1.807, 2.05) is 13.0 Å². The minimum absolute atomic E-state index is 0.0216. The molecule has 1 aliphatic heterocycles. The Morgan fingerprint density at radius 3 is 2.50 bits per heavy atom. The fourth-order valence-corrected chi connectivity index (χ4v) is 1.97. The SMILES string of the molecule is CCOC(C)=C1C(=O)N(c2ccccc2)N=C1OC(=O)CC. The van der Waals surface area contributed by atoms with Crippen LogP contribution in [-0.2, 0) is 19.1 Å².